The predicted octanol–water partition coefficient (Wildman–Crippen LogP) is 3.97. The zero-order valence-corrected chi connectivity index (χ0v) is 13.2. The van der Waals surface area contributed by atoms with Crippen LogP contribution in [0.4, 0.5) is 0 Å². The van der Waals surface area contributed by atoms with E-state index < -0.39 is 0 Å². The van der Waals surface area contributed by atoms with Crippen LogP contribution in [0, 0.1) is 17.8 Å². The molecule has 2 fully saturated rings. The molecule has 1 aromatic heterocycles. The monoisotopic (exact) mass is 278 g/mol. The second-order valence-corrected chi connectivity index (χ2v) is 8.56. The minimum atomic E-state index is 0.188. The van der Waals surface area contributed by atoms with Gasteiger partial charge in [0.15, 0.2) is 0 Å². The summed E-state index contributed by atoms with van der Waals surface area (Å²) < 4.78 is 0. The van der Waals surface area contributed by atoms with E-state index in [4.69, 9.17) is 0 Å². The SMILES string of the molecule is CC(C)(C)c1ncc(CNCC2CC3CCC2C3)s1. The Labute approximate surface area is 121 Å². The fraction of sp³-hybridized carbons (Fsp3) is 0.812. The second kappa shape index (κ2) is 5.17. The molecular formula is C16H26N2S. The number of thiazole rings is 1. The van der Waals surface area contributed by atoms with E-state index >= 15 is 0 Å². The van der Waals surface area contributed by atoms with Crippen molar-refractivity contribution in [1.82, 2.24) is 10.3 Å². The van der Waals surface area contributed by atoms with Gasteiger partial charge in [-0.3, -0.25) is 0 Å². The maximum atomic E-state index is 4.55. The molecular weight excluding hydrogens is 252 g/mol. The third-order valence-corrected chi connectivity index (χ3v) is 6.21. The van der Waals surface area contributed by atoms with Gasteiger partial charge < -0.3 is 5.32 Å². The van der Waals surface area contributed by atoms with Crippen LogP contribution < -0.4 is 5.32 Å². The van der Waals surface area contributed by atoms with Crippen molar-refractivity contribution in [2.75, 3.05) is 6.54 Å². The average molecular weight is 278 g/mol. The van der Waals surface area contributed by atoms with Crippen molar-refractivity contribution >= 4 is 11.3 Å². The van der Waals surface area contributed by atoms with Gasteiger partial charge in [0.2, 0.25) is 0 Å². The van der Waals surface area contributed by atoms with Gasteiger partial charge in [0, 0.05) is 23.0 Å². The highest BCUT2D eigenvalue weighted by molar-refractivity contribution is 7.11. The van der Waals surface area contributed by atoms with Crippen LogP contribution >= 0.6 is 11.3 Å². The lowest BCUT2D eigenvalue weighted by Crippen LogP contribution is -2.25. The van der Waals surface area contributed by atoms with Crippen molar-refractivity contribution in [3.8, 4) is 0 Å². The van der Waals surface area contributed by atoms with Crippen molar-refractivity contribution in [3.63, 3.8) is 0 Å². The summed E-state index contributed by atoms with van der Waals surface area (Å²) in [5, 5.41) is 4.92. The van der Waals surface area contributed by atoms with Gasteiger partial charge in [-0.25, -0.2) is 4.98 Å². The predicted molar refractivity (Wildman–Crippen MR) is 81.5 cm³/mol. The van der Waals surface area contributed by atoms with Crippen molar-refractivity contribution in [2.45, 2.75) is 58.4 Å². The van der Waals surface area contributed by atoms with Crippen molar-refractivity contribution in [3.05, 3.63) is 16.1 Å². The Morgan fingerprint density at radius 3 is 2.74 bits per heavy atom. The first-order chi connectivity index (χ1) is 9.02. The first kappa shape index (κ1) is 13.6. The Bertz CT molecular complexity index is 432. The van der Waals surface area contributed by atoms with Crippen LogP contribution in [0.15, 0.2) is 6.20 Å². The molecule has 2 aliphatic rings. The van der Waals surface area contributed by atoms with E-state index in [0.717, 1.165) is 24.3 Å². The molecule has 2 nitrogen and oxygen atoms in total. The highest BCUT2D eigenvalue weighted by atomic mass is 32.1. The zero-order chi connectivity index (χ0) is 13.5. The molecule has 1 aromatic rings. The van der Waals surface area contributed by atoms with Crippen molar-refractivity contribution in [2.24, 2.45) is 17.8 Å². The van der Waals surface area contributed by atoms with E-state index in [0.29, 0.717) is 0 Å². The molecule has 0 saturated heterocycles. The van der Waals surface area contributed by atoms with Crippen molar-refractivity contribution in [1.29, 1.82) is 0 Å². The smallest absolute Gasteiger partial charge is 0.0981 e. The summed E-state index contributed by atoms with van der Waals surface area (Å²) in [7, 11) is 0. The summed E-state index contributed by atoms with van der Waals surface area (Å²) in [6.07, 6.45) is 8.05. The highest BCUT2D eigenvalue weighted by Crippen LogP contribution is 2.47. The molecule has 3 heteroatoms. The van der Waals surface area contributed by atoms with Gasteiger partial charge in [-0.2, -0.15) is 0 Å². The summed E-state index contributed by atoms with van der Waals surface area (Å²) in [5.41, 5.74) is 0.188. The molecule has 3 atom stereocenters. The van der Waals surface area contributed by atoms with Gasteiger partial charge in [-0.15, -0.1) is 11.3 Å². The Balaban J connectivity index is 1.46. The Morgan fingerprint density at radius 1 is 1.32 bits per heavy atom. The number of hydrogen-bond donors (Lipinski definition) is 1. The molecule has 0 aliphatic heterocycles. The van der Waals surface area contributed by atoms with Crippen LogP contribution in [-0.2, 0) is 12.0 Å². The van der Waals surface area contributed by atoms with Gasteiger partial charge in [-0.1, -0.05) is 27.2 Å². The topological polar surface area (TPSA) is 24.9 Å². The molecule has 0 radical (unpaired) electrons. The third kappa shape index (κ3) is 3.03. The largest absolute Gasteiger partial charge is 0.312 e. The minimum Gasteiger partial charge on any atom is -0.312 e. The number of nitrogens with one attached hydrogen (secondary N) is 1. The summed E-state index contributed by atoms with van der Waals surface area (Å²) in [5.74, 6) is 3.05. The zero-order valence-electron chi connectivity index (χ0n) is 12.4. The standard InChI is InChI=1S/C16H26N2S/c1-16(2,3)15-18-10-14(19-15)9-17-8-13-7-11-4-5-12(13)6-11/h10-13,17H,4-9H2,1-3H3. The van der Waals surface area contributed by atoms with Gasteiger partial charge in [0.25, 0.3) is 0 Å². The van der Waals surface area contributed by atoms with E-state index in [-0.39, 0.29) is 5.41 Å². The van der Waals surface area contributed by atoms with Crippen LogP contribution in [0.3, 0.4) is 0 Å². The molecule has 0 spiro atoms. The van der Waals surface area contributed by atoms with E-state index in [2.05, 4.69) is 37.3 Å². The molecule has 106 valence electrons. The first-order valence-electron chi connectivity index (χ1n) is 7.68. The highest BCUT2D eigenvalue weighted by Gasteiger charge is 2.38. The fourth-order valence-electron chi connectivity index (χ4n) is 3.74. The maximum absolute atomic E-state index is 4.55. The molecule has 19 heavy (non-hydrogen) atoms. The minimum absolute atomic E-state index is 0.188. The van der Waals surface area contributed by atoms with Crippen molar-refractivity contribution < 1.29 is 0 Å². The van der Waals surface area contributed by atoms with Crippen LogP contribution in [0.5, 0.6) is 0 Å². The van der Waals surface area contributed by atoms with Crippen LogP contribution in [0.25, 0.3) is 0 Å². The summed E-state index contributed by atoms with van der Waals surface area (Å²) in [6, 6.07) is 0. The number of rotatable bonds is 4. The molecule has 2 saturated carbocycles. The van der Waals surface area contributed by atoms with Gasteiger partial charge in [0.05, 0.1) is 5.01 Å². The number of nitrogens with zero attached hydrogens (tertiary/aromatic N) is 1. The molecule has 1 N–H and O–H groups in total. The Hall–Kier alpha value is -0.410. The number of hydrogen-bond acceptors (Lipinski definition) is 3. The van der Waals surface area contributed by atoms with Gasteiger partial charge in [-0.05, 0) is 43.6 Å². The quantitative estimate of drug-likeness (QED) is 0.901. The molecule has 1 heterocycles. The van der Waals surface area contributed by atoms with Gasteiger partial charge in [0.1, 0.15) is 0 Å². The molecule has 0 amide bonds. The second-order valence-electron chi connectivity index (χ2n) is 7.45. The molecule has 0 aromatic carbocycles. The van der Waals surface area contributed by atoms with E-state index in [1.54, 1.807) is 0 Å². The summed E-state index contributed by atoms with van der Waals surface area (Å²) in [6.45, 7) is 8.92. The fourth-order valence-corrected chi connectivity index (χ4v) is 4.68. The summed E-state index contributed by atoms with van der Waals surface area (Å²) >= 11 is 1.86. The lowest BCUT2D eigenvalue weighted by molar-refractivity contribution is 0.319. The van der Waals surface area contributed by atoms with E-state index in [1.165, 1.54) is 42.1 Å². The lowest BCUT2D eigenvalue weighted by atomic mass is 9.89. The number of fused-ring (bicyclic) bond motifs is 2. The van der Waals surface area contributed by atoms with E-state index in [9.17, 15) is 0 Å². The first-order valence-corrected chi connectivity index (χ1v) is 8.50. The Kier molecular flexibility index (Phi) is 3.69. The normalized spacial score (nSPS) is 30.2. The third-order valence-electron chi connectivity index (χ3n) is 4.79. The van der Waals surface area contributed by atoms with Crippen LogP contribution in [0.1, 0.15) is 56.3 Å². The Morgan fingerprint density at radius 2 is 2.16 bits per heavy atom. The average Bonchev–Trinajstić information content (AvgIpc) is 3.02. The molecule has 3 rings (SSSR count). The number of aromatic nitrogens is 1. The van der Waals surface area contributed by atoms with Crippen LogP contribution in [-0.4, -0.2) is 11.5 Å². The summed E-state index contributed by atoms with van der Waals surface area (Å²) in [4.78, 5) is 5.94. The van der Waals surface area contributed by atoms with Gasteiger partial charge >= 0.3 is 0 Å². The van der Waals surface area contributed by atoms with E-state index in [1.807, 2.05) is 11.3 Å². The van der Waals surface area contributed by atoms with Crippen LogP contribution in [0.2, 0.25) is 0 Å². The molecule has 2 aliphatic carbocycles. The molecule has 3 unspecified atom stereocenters. The maximum Gasteiger partial charge on any atom is 0.0981 e. The molecule has 2 bridgehead atoms. The lowest BCUT2D eigenvalue weighted by Gasteiger charge is -2.21.